The van der Waals surface area contributed by atoms with Crippen LogP contribution < -0.4 is 4.46 Å². The first-order chi connectivity index (χ1) is 10.8. The Morgan fingerprint density at radius 2 is 1.36 bits per heavy atom. The Morgan fingerprint density at radius 1 is 0.727 bits per heavy atom. The van der Waals surface area contributed by atoms with Crippen LogP contribution in [-0.2, 0) is 0 Å². The minimum absolute atomic E-state index is 0.286. The molecule has 0 aliphatic rings. The molecule has 0 saturated carbocycles. The van der Waals surface area contributed by atoms with E-state index in [1.807, 2.05) is 24.3 Å². The van der Waals surface area contributed by atoms with E-state index in [1.54, 1.807) is 0 Å². The molecule has 3 aromatic rings. The molecule has 22 heavy (non-hydrogen) atoms. The van der Waals surface area contributed by atoms with Crippen molar-refractivity contribution in [1.29, 1.82) is 0 Å². The van der Waals surface area contributed by atoms with Gasteiger partial charge in [-0.05, 0) is 0 Å². The van der Waals surface area contributed by atoms with Gasteiger partial charge in [-0.25, -0.2) is 0 Å². The molecule has 0 fully saturated rings. The third-order valence-electron chi connectivity index (χ3n) is 3.28. The van der Waals surface area contributed by atoms with Crippen LogP contribution in [0.3, 0.4) is 0 Å². The summed E-state index contributed by atoms with van der Waals surface area (Å²) in [5.41, 5.74) is 3.63. The summed E-state index contributed by atoms with van der Waals surface area (Å²) in [6.07, 6.45) is 0. The van der Waals surface area contributed by atoms with Crippen molar-refractivity contribution in [3.8, 4) is 0 Å². The van der Waals surface area contributed by atoms with E-state index in [9.17, 15) is 0 Å². The summed E-state index contributed by atoms with van der Waals surface area (Å²) in [6, 6.07) is 29.1. The van der Waals surface area contributed by atoms with Gasteiger partial charge in [-0.2, -0.15) is 0 Å². The van der Waals surface area contributed by atoms with Gasteiger partial charge in [-0.3, -0.25) is 0 Å². The van der Waals surface area contributed by atoms with Crippen molar-refractivity contribution in [3.63, 3.8) is 0 Å². The van der Waals surface area contributed by atoms with Crippen molar-refractivity contribution in [2.24, 2.45) is 0 Å². The third-order valence-corrected chi connectivity index (χ3v) is 5.40. The van der Waals surface area contributed by atoms with Crippen molar-refractivity contribution < 1.29 is 0 Å². The van der Waals surface area contributed by atoms with Crippen LogP contribution in [0.5, 0.6) is 0 Å². The van der Waals surface area contributed by atoms with Gasteiger partial charge in [0.05, 0.1) is 0 Å². The average molecular weight is 370 g/mol. The first kappa shape index (κ1) is 15.1. The van der Waals surface area contributed by atoms with Gasteiger partial charge < -0.3 is 0 Å². The summed E-state index contributed by atoms with van der Waals surface area (Å²) in [7, 11) is 0. The molecular weight excluding hydrogens is 355 g/mol. The molecule has 0 spiro atoms. The molecule has 0 nitrogen and oxygen atoms in total. The van der Waals surface area contributed by atoms with E-state index in [4.69, 9.17) is 11.6 Å². The number of rotatable bonds is 4. The molecule has 108 valence electrons. The molecule has 0 aromatic heterocycles. The molecular formula is C20H15ClSe. The fourth-order valence-electron chi connectivity index (χ4n) is 2.20. The summed E-state index contributed by atoms with van der Waals surface area (Å²) < 4.78 is 1.37. The van der Waals surface area contributed by atoms with Crippen LogP contribution in [0.25, 0.3) is 5.57 Å². The predicted molar refractivity (Wildman–Crippen MR) is 96.8 cm³/mol. The summed E-state index contributed by atoms with van der Waals surface area (Å²) in [6.45, 7) is 0. The predicted octanol–water partition coefficient (Wildman–Crippen LogP) is 4.76. The van der Waals surface area contributed by atoms with Crippen LogP contribution in [0.1, 0.15) is 11.1 Å². The summed E-state index contributed by atoms with van der Waals surface area (Å²) in [5.74, 6) is 0. The Hall–Kier alpha value is -1.79. The Labute approximate surface area is 142 Å². The molecule has 0 unspecified atom stereocenters. The molecule has 0 amide bonds. The maximum atomic E-state index is 6.17. The van der Waals surface area contributed by atoms with Gasteiger partial charge in [0.25, 0.3) is 0 Å². The minimum atomic E-state index is 0.286. The summed E-state index contributed by atoms with van der Waals surface area (Å²) >= 11 is 6.46. The molecule has 3 rings (SSSR count). The van der Waals surface area contributed by atoms with Crippen molar-refractivity contribution in [2.75, 3.05) is 0 Å². The molecule has 0 heterocycles. The topological polar surface area (TPSA) is 0 Å². The molecule has 3 aromatic carbocycles. The second-order valence-corrected chi connectivity index (χ2v) is 7.25. The average Bonchev–Trinajstić information content (AvgIpc) is 2.57. The summed E-state index contributed by atoms with van der Waals surface area (Å²) in [4.78, 5) is 2.34. The number of hydrogen-bond acceptors (Lipinski definition) is 0. The van der Waals surface area contributed by atoms with E-state index in [1.165, 1.54) is 15.6 Å². The first-order valence-corrected chi connectivity index (χ1v) is 9.28. The Morgan fingerprint density at radius 3 is 2.05 bits per heavy atom. The molecule has 0 aliphatic carbocycles. The van der Waals surface area contributed by atoms with Crippen molar-refractivity contribution in [2.45, 2.75) is 0 Å². The van der Waals surface area contributed by atoms with Crippen LogP contribution in [0.4, 0.5) is 0 Å². The number of halogens is 1. The molecule has 0 saturated heterocycles. The zero-order chi connectivity index (χ0) is 15.2. The van der Waals surface area contributed by atoms with E-state index in [0.717, 1.165) is 10.6 Å². The van der Waals surface area contributed by atoms with E-state index >= 15 is 0 Å². The van der Waals surface area contributed by atoms with Gasteiger partial charge in [0.15, 0.2) is 0 Å². The van der Waals surface area contributed by atoms with Gasteiger partial charge in [0.1, 0.15) is 0 Å². The molecule has 0 radical (unpaired) electrons. The molecule has 0 atom stereocenters. The molecule has 0 aliphatic heterocycles. The Balaban J connectivity index is 2.00. The van der Waals surface area contributed by atoms with Gasteiger partial charge >= 0.3 is 143 Å². The zero-order valence-corrected chi connectivity index (χ0v) is 14.4. The monoisotopic (exact) mass is 370 g/mol. The quantitative estimate of drug-likeness (QED) is 0.582. The van der Waals surface area contributed by atoms with Crippen molar-refractivity contribution in [1.82, 2.24) is 0 Å². The number of hydrogen-bond donors (Lipinski definition) is 0. The van der Waals surface area contributed by atoms with Crippen molar-refractivity contribution >= 4 is 36.6 Å². The second-order valence-electron chi connectivity index (χ2n) is 4.84. The third kappa shape index (κ3) is 3.90. The molecule has 2 heteroatoms. The van der Waals surface area contributed by atoms with Crippen LogP contribution in [0.15, 0.2) is 89.9 Å². The van der Waals surface area contributed by atoms with Gasteiger partial charge in [0, 0.05) is 0 Å². The van der Waals surface area contributed by atoms with Crippen molar-refractivity contribution in [3.05, 3.63) is 106 Å². The first-order valence-electron chi connectivity index (χ1n) is 7.06. The van der Waals surface area contributed by atoms with Crippen LogP contribution in [0, 0.1) is 0 Å². The van der Waals surface area contributed by atoms with E-state index in [0.29, 0.717) is 0 Å². The zero-order valence-electron chi connectivity index (χ0n) is 11.9. The normalized spacial score (nSPS) is 11.4. The van der Waals surface area contributed by atoms with Gasteiger partial charge in [-0.1, -0.05) is 0 Å². The fourth-order valence-corrected chi connectivity index (χ4v) is 4.16. The van der Waals surface area contributed by atoms with Gasteiger partial charge in [-0.15, -0.1) is 0 Å². The Kier molecular flexibility index (Phi) is 5.13. The van der Waals surface area contributed by atoms with Crippen LogP contribution >= 0.6 is 11.6 Å². The SMILES string of the molecule is Clc1cccc(C(=C[Se]c2ccccc2)c2ccccc2)c1. The number of benzene rings is 3. The van der Waals surface area contributed by atoms with Crippen LogP contribution in [-0.4, -0.2) is 15.0 Å². The standard InChI is InChI=1S/C20H15ClSe/c21-18-11-7-10-17(14-18)20(16-8-3-1-4-9-16)15-22-19-12-5-2-6-13-19/h1-15H. The van der Waals surface area contributed by atoms with Crippen LogP contribution in [0.2, 0.25) is 5.02 Å². The second kappa shape index (κ2) is 7.47. The molecule has 0 N–H and O–H groups in total. The Bertz CT molecular complexity index is 764. The maximum absolute atomic E-state index is 6.17. The van der Waals surface area contributed by atoms with E-state index in [2.05, 4.69) is 65.6 Å². The fraction of sp³-hybridized carbons (Fsp3) is 0. The molecule has 0 bridgehead atoms. The summed E-state index contributed by atoms with van der Waals surface area (Å²) in [5, 5.41) is 0.770. The van der Waals surface area contributed by atoms with E-state index < -0.39 is 0 Å². The van der Waals surface area contributed by atoms with E-state index in [-0.39, 0.29) is 15.0 Å². The van der Waals surface area contributed by atoms with Gasteiger partial charge in [0.2, 0.25) is 0 Å².